The molecule has 0 aromatic heterocycles. The number of benzene rings is 2. The molecule has 1 aliphatic carbocycles. The number of methoxy groups -OCH3 is 1. The number of ether oxygens (including phenoxy) is 2. The van der Waals surface area contributed by atoms with Crippen LogP contribution in [0.1, 0.15) is 37.0 Å². The fourth-order valence-corrected chi connectivity index (χ4v) is 5.65. The highest BCUT2D eigenvalue weighted by molar-refractivity contribution is 7.92. The minimum atomic E-state index is -3.89. The van der Waals surface area contributed by atoms with Gasteiger partial charge in [-0.3, -0.25) is 9.52 Å². The van der Waals surface area contributed by atoms with Crippen LogP contribution in [0.2, 0.25) is 0 Å². The minimum absolute atomic E-state index is 0.0287. The van der Waals surface area contributed by atoms with Gasteiger partial charge >= 0.3 is 0 Å². The van der Waals surface area contributed by atoms with Crippen LogP contribution >= 0.6 is 0 Å². The number of rotatable bonds is 10. The Labute approximate surface area is 219 Å². The lowest BCUT2D eigenvalue weighted by Crippen LogP contribution is -2.50. The van der Waals surface area contributed by atoms with Gasteiger partial charge in [0.2, 0.25) is 0 Å². The fourth-order valence-electron chi connectivity index (χ4n) is 4.60. The number of aliphatic hydroxyl groups is 1. The first-order valence-corrected chi connectivity index (χ1v) is 14.2. The largest absolute Gasteiger partial charge is 0.497 e. The first-order valence-electron chi connectivity index (χ1n) is 12.7. The van der Waals surface area contributed by atoms with Crippen molar-refractivity contribution in [3.63, 3.8) is 0 Å². The minimum Gasteiger partial charge on any atom is -0.497 e. The molecule has 0 bridgehead atoms. The Bertz CT molecular complexity index is 1200. The van der Waals surface area contributed by atoms with Crippen molar-refractivity contribution in [2.45, 2.75) is 43.7 Å². The van der Waals surface area contributed by atoms with Crippen molar-refractivity contribution in [2.75, 3.05) is 45.1 Å². The SMILES string of the molecule is COc1ccc(S(=O)(=O)Nc2ccc3c(c2)C(=O)N([C@H](C)CO)C[C@H](C)[C@@H](CN(C)CC2CC2)O3)cc1. The van der Waals surface area contributed by atoms with Gasteiger partial charge < -0.3 is 24.4 Å². The fraction of sp³-hybridized carbons (Fsp3) is 0.519. The van der Waals surface area contributed by atoms with Gasteiger partial charge in [-0.05, 0) is 75.2 Å². The maximum absolute atomic E-state index is 13.6. The Hall–Kier alpha value is -2.82. The number of carbonyl (C=O) groups is 1. The monoisotopic (exact) mass is 531 g/mol. The molecule has 1 saturated carbocycles. The molecule has 4 rings (SSSR count). The van der Waals surface area contributed by atoms with Crippen LogP contribution in [-0.4, -0.2) is 81.8 Å². The van der Waals surface area contributed by atoms with E-state index in [1.54, 1.807) is 36.1 Å². The van der Waals surface area contributed by atoms with Crippen molar-refractivity contribution in [2.24, 2.45) is 11.8 Å². The summed E-state index contributed by atoms with van der Waals surface area (Å²) in [6, 6.07) is 10.4. The maximum Gasteiger partial charge on any atom is 0.261 e. The van der Waals surface area contributed by atoms with Crippen molar-refractivity contribution in [1.82, 2.24) is 9.80 Å². The molecule has 2 aliphatic rings. The summed E-state index contributed by atoms with van der Waals surface area (Å²) in [5.74, 6) is 1.42. The van der Waals surface area contributed by atoms with E-state index in [2.05, 4.69) is 23.6 Å². The Balaban J connectivity index is 1.63. The molecule has 1 heterocycles. The molecule has 10 heteroatoms. The summed E-state index contributed by atoms with van der Waals surface area (Å²) >= 11 is 0. The number of nitrogens with one attached hydrogen (secondary N) is 1. The lowest BCUT2D eigenvalue weighted by Gasteiger charge is -2.38. The summed E-state index contributed by atoms with van der Waals surface area (Å²) in [5, 5.41) is 9.86. The number of nitrogens with zero attached hydrogens (tertiary/aromatic N) is 2. The molecule has 1 aliphatic heterocycles. The molecule has 0 radical (unpaired) electrons. The molecule has 9 nitrogen and oxygen atoms in total. The molecule has 0 saturated heterocycles. The first-order chi connectivity index (χ1) is 17.6. The van der Waals surface area contributed by atoms with E-state index in [0.717, 1.165) is 12.5 Å². The van der Waals surface area contributed by atoms with Crippen LogP contribution in [0.25, 0.3) is 0 Å². The van der Waals surface area contributed by atoms with Crippen molar-refractivity contribution in [3.05, 3.63) is 48.0 Å². The molecule has 1 amide bonds. The number of aliphatic hydroxyl groups excluding tert-OH is 1. The third-order valence-corrected chi connectivity index (χ3v) is 8.44. The Morgan fingerprint density at radius 1 is 1.19 bits per heavy atom. The Kier molecular flexibility index (Phi) is 8.30. The van der Waals surface area contributed by atoms with Gasteiger partial charge in [0.1, 0.15) is 17.6 Å². The summed E-state index contributed by atoms with van der Waals surface area (Å²) < 4.78 is 40.0. The van der Waals surface area contributed by atoms with Gasteiger partial charge in [-0.25, -0.2) is 8.42 Å². The zero-order chi connectivity index (χ0) is 26.7. The van der Waals surface area contributed by atoms with E-state index in [1.807, 2.05) is 0 Å². The van der Waals surface area contributed by atoms with Gasteiger partial charge in [0.25, 0.3) is 15.9 Å². The molecule has 2 aromatic carbocycles. The van der Waals surface area contributed by atoms with Gasteiger partial charge in [0.15, 0.2) is 0 Å². The molecule has 2 aromatic rings. The van der Waals surface area contributed by atoms with E-state index in [4.69, 9.17) is 9.47 Å². The van der Waals surface area contributed by atoms with Crippen LogP contribution in [-0.2, 0) is 10.0 Å². The van der Waals surface area contributed by atoms with Gasteiger partial charge in [-0.1, -0.05) is 6.92 Å². The normalized spacial score (nSPS) is 21.0. The molecule has 2 N–H and O–H groups in total. The zero-order valence-corrected chi connectivity index (χ0v) is 22.7. The van der Waals surface area contributed by atoms with E-state index < -0.39 is 16.1 Å². The number of fused-ring (bicyclic) bond motifs is 1. The Morgan fingerprint density at radius 3 is 2.51 bits per heavy atom. The molecule has 3 atom stereocenters. The number of hydrogen-bond donors (Lipinski definition) is 2. The van der Waals surface area contributed by atoms with Crippen molar-refractivity contribution in [1.29, 1.82) is 0 Å². The molecule has 0 spiro atoms. The van der Waals surface area contributed by atoms with Crippen LogP contribution in [0, 0.1) is 11.8 Å². The third kappa shape index (κ3) is 6.55. The average Bonchev–Trinajstić information content (AvgIpc) is 3.69. The third-order valence-electron chi connectivity index (χ3n) is 7.05. The molecular weight excluding hydrogens is 494 g/mol. The van der Waals surface area contributed by atoms with Crippen LogP contribution < -0.4 is 14.2 Å². The number of amides is 1. The summed E-state index contributed by atoms with van der Waals surface area (Å²) in [5.41, 5.74) is 0.510. The predicted molar refractivity (Wildman–Crippen MR) is 142 cm³/mol. The second-order valence-electron chi connectivity index (χ2n) is 10.3. The summed E-state index contributed by atoms with van der Waals surface area (Å²) in [6.45, 7) is 5.83. The van der Waals surface area contributed by atoms with E-state index in [9.17, 15) is 18.3 Å². The standard InChI is InChI=1S/C27H37N3O6S/c1-18-14-30(19(2)17-31)27(32)24-13-21(28-37(33,34)23-10-8-22(35-4)9-11-23)7-12-25(24)36-26(18)16-29(3)15-20-5-6-20/h7-13,18-20,26,28,31H,5-6,14-17H2,1-4H3/t18-,19+,26+/m0/s1. The lowest BCUT2D eigenvalue weighted by molar-refractivity contribution is 0.0344. The van der Waals surface area contributed by atoms with E-state index in [1.165, 1.54) is 38.2 Å². The Morgan fingerprint density at radius 2 is 1.89 bits per heavy atom. The average molecular weight is 532 g/mol. The summed E-state index contributed by atoms with van der Waals surface area (Å²) in [7, 11) is -0.294. The van der Waals surface area contributed by atoms with Crippen molar-refractivity contribution >= 4 is 21.6 Å². The molecular formula is C27H37N3O6S. The summed E-state index contributed by atoms with van der Waals surface area (Å²) in [6.07, 6.45) is 2.35. The van der Waals surface area contributed by atoms with E-state index >= 15 is 0 Å². The van der Waals surface area contributed by atoms with Crippen molar-refractivity contribution in [3.8, 4) is 11.5 Å². The maximum atomic E-state index is 13.6. The van der Waals surface area contributed by atoms with Crippen LogP contribution in [0.3, 0.4) is 0 Å². The van der Waals surface area contributed by atoms with Crippen molar-refractivity contribution < 1.29 is 27.8 Å². The highest BCUT2D eigenvalue weighted by atomic mass is 32.2. The highest BCUT2D eigenvalue weighted by Crippen LogP contribution is 2.33. The van der Waals surface area contributed by atoms with E-state index in [-0.39, 0.29) is 40.7 Å². The van der Waals surface area contributed by atoms with Crippen LogP contribution in [0.4, 0.5) is 5.69 Å². The van der Waals surface area contributed by atoms with Crippen LogP contribution in [0.15, 0.2) is 47.4 Å². The van der Waals surface area contributed by atoms with E-state index in [0.29, 0.717) is 24.6 Å². The number of anilines is 1. The topological polar surface area (TPSA) is 108 Å². The second-order valence-corrected chi connectivity index (χ2v) is 12.0. The summed E-state index contributed by atoms with van der Waals surface area (Å²) in [4.78, 5) is 17.6. The zero-order valence-electron chi connectivity index (χ0n) is 21.9. The lowest BCUT2D eigenvalue weighted by atomic mass is 9.99. The number of sulfonamides is 1. The second kappa shape index (κ2) is 11.3. The highest BCUT2D eigenvalue weighted by Gasteiger charge is 2.34. The predicted octanol–water partition coefficient (Wildman–Crippen LogP) is 3.06. The number of hydrogen-bond acceptors (Lipinski definition) is 7. The molecule has 37 heavy (non-hydrogen) atoms. The van der Waals surface area contributed by atoms with Gasteiger partial charge in [0, 0.05) is 31.2 Å². The van der Waals surface area contributed by atoms with Gasteiger partial charge in [-0.2, -0.15) is 0 Å². The first kappa shape index (κ1) is 27.2. The molecule has 202 valence electrons. The van der Waals surface area contributed by atoms with Crippen LogP contribution in [0.5, 0.6) is 11.5 Å². The number of carbonyl (C=O) groups excluding carboxylic acids is 1. The van der Waals surface area contributed by atoms with Gasteiger partial charge in [0.05, 0.1) is 30.2 Å². The number of likely N-dealkylation sites (N-methyl/N-ethyl adjacent to an activating group) is 1. The quantitative estimate of drug-likeness (QED) is 0.485. The smallest absolute Gasteiger partial charge is 0.261 e. The molecule has 0 unspecified atom stereocenters. The molecule has 1 fully saturated rings. The van der Waals surface area contributed by atoms with Gasteiger partial charge in [-0.15, -0.1) is 0 Å².